The molecule has 0 fully saturated rings. The van der Waals surface area contributed by atoms with Crippen LogP contribution in [0.25, 0.3) is 17.0 Å². The third kappa shape index (κ3) is 4.47. The number of carbonyl (C=O) groups excluding carboxylic acids is 3. The van der Waals surface area contributed by atoms with Gasteiger partial charge in [-0.05, 0) is 42.8 Å². The summed E-state index contributed by atoms with van der Waals surface area (Å²) < 4.78 is 0. The van der Waals surface area contributed by atoms with Gasteiger partial charge >= 0.3 is 0 Å². The quantitative estimate of drug-likeness (QED) is 0.442. The molecule has 2 aromatic carbocycles. The van der Waals surface area contributed by atoms with Crippen molar-refractivity contribution in [3.8, 4) is 5.75 Å². The van der Waals surface area contributed by atoms with Gasteiger partial charge in [-0.25, -0.2) is 0 Å². The number of hydrogen-bond acceptors (Lipinski definition) is 5. The van der Waals surface area contributed by atoms with Crippen molar-refractivity contribution < 1.29 is 19.5 Å². The van der Waals surface area contributed by atoms with Crippen LogP contribution in [0, 0.1) is 0 Å². The largest absolute Gasteiger partial charge is 0.506 e. The number of amides is 1. The number of hydrogen-bond donors (Lipinski definition) is 3. The van der Waals surface area contributed by atoms with E-state index in [4.69, 9.17) is 0 Å². The Kier molecular flexibility index (Phi) is 5.69. The highest BCUT2D eigenvalue weighted by molar-refractivity contribution is 6.11. The first kappa shape index (κ1) is 19.8. The Bertz CT molecular complexity index is 1210. The number of benzene rings is 2. The standard InChI is InChI=1S/C22H18N2O5/c1-13(25)12-23-21(28)15-6-4-5-14(11-15)9-10-18(26)19-20(27)16-7-2-3-8-17(16)24-22(19)29/h2-11H,12H2,1H3,(H,23,28)(H2,24,27,29)/b10-9+. The number of rotatable bonds is 6. The van der Waals surface area contributed by atoms with Gasteiger partial charge in [0.1, 0.15) is 17.1 Å². The summed E-state index contributed by atoms with van der Waals surface area (Å²) in [6, 6.07) is 13.1. The third-order valence-electron chi connectivity index (χ3n) is 4.21. The lowest BCUT2D eigenvalue weighted by Gasteiger charge is -2.05. The van der Waals surface area contributed by atoms with Gasteiger partial charge < -0.3 is 15.4 Å². The second-order valence-electron chi connectivity index (χ2n) is 6.43. The Hall–Kier alpha value is -4.00. The van der Waals surface area contributed by atoms with E-state index in [2.05, 4.69) is 10.3 Å². The number of ketones is 2. The molecule has 0 saturated heterocycles. The second kappa shape index (κ2) is 8.35. The van der Waals surface area contributed by atoms with Crippen LogP contribution in [0.3, 0.4) is 0 Å². The molecule has 0 bridgehead atoms. The number of allylic oxidation sites excluding steroid dienone is 1. The molecular formula is C22H18N2O5. The highest BCUT2D eigenvalue weighted by atomic mass is 16.3. The Balaban J connectivity index is 1.86. The summed E-state index contributed by atoms with van der Waals surface area (Å²) in [5.41, 5.74) is 0.265. The van der Waals surface area contributed by atoms with Crippen LogP contribution in [-0.2, 0) is 4.79 Å². The fourth-order valence-electron chi connectivity index (χ4n) is 2.80. The molecule has 3 rings (SSSR count). The molecule has 0 radical (unpaired) electrons. The number of para-hydroxylation sites is 1. The molecule has 3 aromatic rings. The summed E-state index contributed by atoms with van der Waals surface area (Å²) in [5, 5.41) is 13.2. The van der Waals surface area contributed by atoms with Crippen LogP contribution >= 0.6 is 0 Å². The molecule has 0 unspecified atom stereocenters. The van der Waals surface area contributed by atoms with Crippen molar-refractivity contribution in [2.75, 3.05) is 6.54 Å². The van der Waals surface area contributed by atoms with E-state index >= 15 is 0 Å². The van der Waals surface area contributed by atoms with E-state index in [0.29, 0.717) is 22.0 Å². The topological polar surface area (TPSA) is 116 Å². The molecule has 1 aromatic heterocycles. The maximum atomic E-state index is 12.5. The highest BCUT2D eigenvalue weighted by Gasteiger charge is 2.17. The maximum Gasteiger partial charge on any atom is 0.263 e. The van der Waals surface area contributed by atoms with E-state index in [1.165, 1.54) is 13.0 Å². The highest BCUT2D eigenvalue weighted by Crippen LogP contribution is 2.25. The number of pyridine rings is 1. The third-order valence-corrected chi connectivity index (χ3v) is 4.21. The first-order valence-electron chi connectivity index (χ1n) is 8.81. The smallest absolute Gasteiger partial charge is 0.263 e. The van der Waals surface area contributed by atoms with Crippen molar-refractivity contribution in [2.24, 2.45) is 0 Å². The zero-order chi connectivity index (χ0) is 21.0. The SMILES string of the molecule is CC(=O)CNC(=O)c1cccc(/C=C/C(=O)c2c(O)c3ccccc3[nH]c2=O)c1. The Morgan fingerprint density at radius 1 is 1.10 bits per heavy atom. The van der Waals surface area contributed by atoms with Crippen LogP contribution in [0.1, 0.15) is 33.2 Å². The van der Waals surface area contributed by atoms with Crippen LogP contribution < -0.4 is 10.9 Å². The van der Waals surface area contributed by atoms with E-state index in [-0.39, 0.29) is 23.6 Å². The first-order valence-corrected chi connectivity index (χ1v) is 8.81. The molecule has 1 heterocycles. The predicted molar refractivity (Wildman–Crippen MR) is 109 cm³/mol. The normalized spacial score (nSPS) is 10.9. The van der Waals surface area contributed by atoms with Crippen molar-refractivity contribution >= 4 is 34.5 Å². The number of aromatic amines is 1. The molecule has 7 heteroatoms. The molecule has 0 aliphatic heterocycles. The van der Waals surface area contributed by atoms with Gasteiger partial charge in [0.2, 0.25) is 0 Å². The summed E-state index contributed by atoms with van der Waals surface area (Å²) in [6.45, 7) is 1.30. The minimum absolute atomic E-state index is 0.0681. The van der Waals surface area contributed by atoms with Crippen LogP contribution in [-0.4, -0.2) is 34.1 Å². The van der Waals surface area contributed by atoms with Gasteiger partial charge in [-0.1, -0.05) is 30.3 Å². The minimum atomic E-state index is -0.687. The molecular weight excluding hydrogens is 372 g/mol. The van der Waals surface area contributed by atoms with Crippen molar-refractivity contribution in [1.29, 1.82) is 0 Å². The summed E-state index contributed by atoms with van der Waals surface area (Å²) in [7, 11) is 0. The second-order valence-corrected chi connectivity index (χ2v) is 6.43. The molecule has 29 heavy (non-hydrogen) atoms. The van der Waals surface area contributed by atoms with E-state index in [1.54, 1.807) is 48.5 Å². The summed E-state index contributed by atoms with van der Waals surface area (Å²) >= 11 is 0. The molecule has 0 spiro atoms. The van der Waals surface area contributed by atoms with Gasteiger partial charge in [0.25, 0.3) is 11.5 Å². The first-order chi connectivity index (χ1) is 13.9. The maximum absolute atomic E-state index is 12.5. The van der Waals surface area contributed by atoms with Crippen LogP contribution in [0.5, 0.6) is 5.75 Å². The van der Waals surface area contributed by atoms with Crippen molar-refractivity contribution in [3.63, 3.8) is 0 Å². The van der Waals surface area contributed by atoms with Gasteiger partial charge in [0.05, 0.1) is 12.1 Å². The van der Waals surface area contributed by atoms with Crippen molar-refractivity contribution in [3.05, 3.63) is 81.7 Å². The summed E-state index contributed by atoms with van der Waals surface area (Å²) in [5.74, 6) is -1.62. The number of aromatic nitrogens is 1. The molecule has 0 atom stereocenters. The van der Waals surface area contributed by atoms with Crippen LogP contribution in [0.15, 0.2) is 59.4 Å². The number of carbonyl (C=O) groups is 3. The van der Waals surface area contributed by atoms with Gasteiger partial charge in [0.15, 0.2) is 5.78 Å². The van der Waals surface area contributed by atoms with Gasteiger partial charge in [-0.2, -0.15) is 0 Å². The monoisotopic (exact) mass is 390 g/mol. The fourth-order valence-corrected chi connectivity index (χ4v) is 2.80. The number of fused-ring (bicyclic) bond motifs is 1. The number of aromatic hydroxyl groups is 1. The fraction of sp³-hybridized carbons (Fsp3) is 0.0909. The van der Waals surface area contributed by atoms with E-state index in [0.717, 1.165) is 6.08 Å². The average molecular weight is 390 g/mol. The molecule has 0 saturated carbocycles. The molecule has 0 aliphatic carbocycles. The van der Waals surface area contributed by atoms with E-state index < -0.39 is 17.2 Å². The Morgan fingerprint density at radius 3 is 2.62 bits per heavy atom. The average Bonchev–Trinajstić information content (AvgIpc) is 2.70. The molecule has 1 amide bonds. The van der Waals surface area contributed by atoms with Crippen molar-refractivity contribution in [2.45, 2.75) is 6.92 Å². The lowest BCUT2D eigenvalue weighted by molar-refractivity contribution is -0.116. The number of H-pyrrole nitrogens is 1. The lowest BCUT2D eigenvalue weighted by Crippen LogP contribution is -2.28. The lowest BCUT2D eigenvalue weighted by atomic mass is 10.1. The van der Waals surface area contributed by atoms with Gasteiger partial charge in [-0.15, -0.1) is 0 Å². The molecule has 0 aliphatic rings. The van der Waals surface area contributed by atoms with Crippen LogP contribution in [0.4, 0.5) is 0 Å². The Morgan fingerprint density at radius 2 is 1.86 bits per heavy atom. The zero-order valence-electron chi connectivity index (χ0n) is 15.6. The summed E-state index contributed by atoms with van der Waals surface area (Å²) in [4.78, 5) is 50.3. The van der Waals surface area contributed by atoms with E-state index in [9.17, 15) is 24.3 Å². The molecule has 146 valence electrons. The predicted octanol–water partition coefficient (Wildman–Crippen LogP) is 2.45. The minimum Gasteiger partial charge on any atom is -0.506 e. The summed E-state index contributed by atoms with van der Waals surface area (Å²) in [6.07, 6.45) is 2.60. The van der Waals surface area contributed by atoms with Crippen LogP contribution in [0.2, 0.25) is 0 Å². The van der Waals surface area contributed by atoms with Crippen molar-refractivity contribution in [1.82, 2.24) is 10.3 Å². The zero-order valence-corrected chi connectivity index (χ0v) is 15.6. The number of Topliss-reactive ketones (excluding diaryl/α,β-unsaturated/α-hetero) is 1. The van der Waals surface area contributed by atoms with E-state index in [1.807, 2.05) is 0 Å². The number of nitrogens with one attached hydrogen (secondary N) is 2. The Labute approximate surface area is 165 Å². The van der Waals surface area contributed by atoms with Gasteiger partial charge in [-0.3, -0.25) is 19.2 Å². The molecule has 3 N–H and O–H groups in total. The molecule has 7 nitrogen and oxygen atoms in total. The van der Waals surface area contributed by atoms with Gasteiger partial charge in [0, 0.05) is 10.9 Å².